The molecule has 17 heavy (non-hydrogen) atoms. The molecule has 0 atom stereocenters. The van der Waals surface area contributed by atoms with Gasteiger partial charge in [0.05, 0.1) is 10.5 Å². The average Bonchev–Trinajstić information content (AvgIpc) is 2.67. The van der Waals surface area contributed by atoms with E-state index in [4.69, 9.17) is 9.52 Å². The molecule has 0 aliphatic carbocycles. The van der Waals surface area contributed by atoms with Crippen molar-refractivity contribution >= 4 is 17.7 Å². The first-order chi connectivity index (χ1) is 8.06. The van der Waals surface area contributed by atoms with Crippen molar-refractivity contribution in [3.63, 3.8) is 0 Å². The van der Waals surface area contributed by atoms with Crippen molar-refractivity contribution in [2.75, 3.05) is 0 Å². The van der Waals surface area contributed by atoms with Crippen molar-refractivity contribution in [3.05, 3.63) is 35.5 Å². The molecule has 0 unspecified atom stereocenters. The summed E-state index contributed by atoms with van der Waals surface area (Å²) >= 11 is 0.947. The van der Waals surface area contributed by atoms with Crippen LogP contribution in [0.2, 0.25) is 0 Å². The molecule has 0 aliphatic heterocycles. The molecule has 0 bridgehead atoms. The van der Waals surface area contributed by atoms with Crippen molar-refractivity contribution in [3.8, 4) is 0 Å². The van der Waals surface area contributed by atoms with Gasteiger partial charge in [-0.3, -0.25) is 0 Å². The predicted octanol–water partition coefficient (Wildman–Crippen LogP) is 2.37. The number of aromatic nitrogens is 2. The van der Waals surface area contributed by atoms with Crippen molar-refractivity contribution < 1.29 is 18.7 Å². The maximum absolute atomic E-state index is 13.5. The minimum absolute atomic E-state index is 0.103. The first-order valence-electron chi connectivity index (χ1n) is 4.57. The van der Waals surface area contributed by atoms with Gasteiger partial charge in [0, 0.05) is 6.92 Å². The standard InChI is InChI=1S/C10H7FN2O3S/c1-5-12-13-10(16-5)17-8-3-2-6(9(14)15)4-7(8)11/h2-4H,1H3,(H,14,15). The van der Waals surface area contributed by atoms with Gasteiger partial charge in [-0.25, -0.2) is 9.18 Å². The second kappa shape index (κ2) is 4.54. The number of carboxylic acid groups (broad SMARTS) is 1. The van der Waals surface area contributed by atoms with E-state index < -0.39 is 11.8 Å². The van der Waals surface area contributed by atoms with Gasteiger partial charge in [-0.05, 0) is 30.0 Å². The van der Waals surface area contributed by atoms with Crippen molar-refractivity contribution in [2.24, 2.45) is 0 Å². The maximum atomic E-state index is 13.5. The Balaban J connectivity index is 2.25. The second-order valence-corrected chi connectivity index (χ2v) is 4.13. The molecular weight excluding hydrogens is 247 g/mol. The number of aromatic carboxylic acids is 1. The number of aryl methyl sites for hydroxylation is 1. The highest BCUT2D eigenvalue weighted by Crippen LogP contribution is 2.29. The summed E-state index contributed by atoms with van der Waals surface area (Å²) in [6.45, 7) is 1.63. The van der Waals surface area contributed by atoms with Crippen LogP contribution in [0.1, 0.15) is 16.2 Å². The van der Waals surface area contributed by atoms with Crippen LogP contribution in [-0.2, 0) is 0 Å². The van der Waals surface area contributed by atoms with Crippen LogP contribution in [0.4, 0.5) is 4.39 Å². The Bertz CT molecular complexity index is 570. The Hall–Kier alpha value is -1.89. The predicted molar refractivity (Wildman–Crippen MR) is 56.5 cm³/mol. The fourth-order valence-corrected chi connectivity index (χ4v) is 1.85. The SMILES string of the molecule is Cc1nnc(Sc2ccc(C(=O)O)cc2F)o1. The zero-order valence-electron chi connectivity index (χ0n) is 8.68. The molecule has 0 saturated heterocycles. The minimum Gasteiger partial charge on any atom is -0.478 e. The summed E-state index contributed by atoms with van der Waals surface area (Å²) < 4.78 is 18.6. The molecular formula is C10H7FN2O3S. The second-order valence-electron chi connectivity index (χ2n) is 3.14. The van der Waals surface area contributed by atoms with Gasteiger partial charge in [0.1, 0.15) is 5.82 Å². The number of halogens is 1. The molecule has 2 aromatic rings. The third-order valence-electron chi connectivity index (χ3n) is 1.88. The first kappa shape index (κ1) is 11.6. The van der Waals surface area contributed by atoms with Gasteiger partial charge in [-0.1, -0.05) is 0 Å². The van der Waals surface area contributed by atoms with Crippen molar-refractivity contribution in [1.82, 2.24) is 10.2 Å². The van der Waals surface area contributed by atoms with Crippen molar-refractivity contribution in [2.45, 2.75) is 17.0 Å². The van der Waals surface area contributed by atoms with E-state index in [1.54, 1.807) is 6.92 Å². The number of hydrogen-bond donors (Lipinski definition) is 1. The molecule has 1 heterocycles. The van der Waals surface area contributed by atoms with E-state index in [0.29, 0.717) is 5.89 Å². The van der Waals surface area contributed by atoms with Crippen LogP contribution >= 0.6 is 11.8 Å². The largest absolute Gasteiger partial charge is 0.478 e. The lowest BCUT2D eigenvalue weighted by Gasteiger charge is -2.00. The Morgan fingerprint density at radius 2 is 2.24 bits per heavy atom. The van der Waals surface area contributed by atoms with Gasteiger partial charge >= 0.3 is 5.97 Å². The summed E-state index contributed by atoms with van der Waals surface area (Å²) in [6.07, 6.45) is 0. The van der Waals surface area contributed by atoms with Crippen LogP contribution in [0.25, 0.3) is 0 Å². The molecule has 7 heteroatoms. The lowest BCUT2D eigenvalue weighted by atomic mass is 10.2. The maximum Gasteiger partial charge on any atom is 0.335 e. The number of carboxylic acids is 1. The van der Waals surface area contributed by atoms with Crippen LogP contribution < -0.4 is 0 Å². The number of carbonyl (C=O) groups is 1. The third-order valence-corrected chi connectivity index (χ3v) is 2.77. The van der Waals surface area contributed by atoms with E-state index in [1.165, 1.54) is 12.1 Å². The molecule has 0 fully saturated rings. The molecule has 5 nitrogen and oxygen atoms in total. The molecule has 1 aromatic heterocycles. The van der Waals surface area contributed by atoms with Gasteiger partial charge in [0.2, 0.25) is 5.89 Å². The number of benzene rings is 1. The van der Waals surface area contributed by atoms with Crippen LogP contribution in [0.5, 0.6) is 0 Å². The van der Waals surface area contributed by atoms with E-state index in [2.05, 4.69) is 10.2 Å². The molecule has 0 radical (unpaired) electrons. The molecule has 88 valence electrons. The van der Waals surface area contributed by atoms with Crippen LogP contribution in [0, 0.1) is 12.7 Å². The third kappa shape index (κ3) is 2.62. The molecule has 0 saturated carbocycles. The summed E-state index contributed by atoms with van der Waals surface area (Å²) in [5, 5.41) is 16.2. The van der Waals surface area contributed by atoms with E-state index in [-0.39, 0.29) is 15.7 Å². The van der Waals surface area contributed by atoms with Gasteiger partial charge < -0.3 is 9.52 Å². The Kier molecular flexibility index (Phi) is 3.10. The zero-order valence-corrected chi connectivity index (χ0v) is 9.49. The highest BCUT2D eigenvalue weighted by Gasteiger charge is 2.12. The van der Waals surface area contributed by atoms with Gasteiger partial charge in [-0.2, -0.15) is 0 Å². The van der Waals surface area contributed by atoms with Gasteiger partial charge in [-0.15, -0.1) is 10.2 Å². The van der Waals surface area contributed by atoms with E-state index in [0.717, 1.165) is 17.8 Å². The normalized spacial score (nSPS) is 10.5. The van der Waals surface area contributed by atoms with Crippen LogP contribution in [0.3, 0.4) is 0 Å². The average molecular weight is 254 g/mol. The Labute approximate surface area is 99.7 Å². The Morgan fingerprint density at radius 3 is 2.76 bits per heavy atom. The molecule has 0 aliphatic rings. The Morgan fingerprint density at radius 1 is 1.47 bits per heavy atom. The molecule has 1 N–H and O–H groups in total. The summed E-state index contributed by atoms with van der Waals surface area (Å²) in [5.41, 5.74) is -0.103. The number of hydrogen-bond acceptors (Lipinski definition) is 5. The van der Waals surface area contributed by atoms with Crippen molar-refractivity contribution in [1.29, 1.82) is 0 Å². The number of rotatable bonds is 3. The smallest absolute Gasteiger partial charge is 0.335 e. The summed E-state index contributed by atoms with van der Waals surface area (Å²) in [6, 6.07) is 3.63. The van der Waals surface area contributed by atoms with E-state index in [1.807, 2.05) is 0 Å². The van der Waals surface area contributed by atoms with Gasteiger partial charge in [0.25, 0.3) is 5.22 Å². The van der Waals surface area contributed by atoms with Crippen LogP contribution in [-0.4, -0.2) is 21.3 Å². The highest BCUT2D eigenvalue weighted by molar-refractivity contribution is 7.99. The monoisotopic (exact) mass is 254 g/mol. The van der Waals surface area contributed by atoms with Gasteiger partial charge in [0.15, 0.2) is 0 Å². The van der Waals surface area contributed by atoms with Crippen LogP contribution in [0.15, 0.2) is 32.7 Å². The topological polar surface area (TPSA) is 76.2 Å². The molecule has 0 spiro atoms. The first-order valence-corrected chi connectivity index (χ1v) is 5.38. The molecule has 1 aromatic carbocycles. The fraction of sp³-hybridized carbons (Fsp3) is 0.100. The summed E-state index contributed by atoms with van der Waals surface area (Å²) in [7, 11) is 0. The fourth-order valence-electron chi connectivity index (χ4n) is 1.13. The summed E-state index contributed by atoms with van der Waals surface area (Å²) in [4.78, 5) is 10.8. The van der Waals surface area contributed by atoms with E-state index >= 15 is 0 Å². The zero-order chi connectivity index (χ0) is 12.4. The molecule has 2 rings (SSSR count). The number of nitrogens with zero attached hydrogens (tertiary/aromatic N) is 2. The minimum atomic E-state index is -1.17. The quantitative estimate of drug-likeness (QED) is 0.906. The summed E-state index contributed by atoms with van der Waals surface area (Å²) in [5.74, 6) is -1.42. The lowest BCUT2D eigenvalue weighted by Crippen LogP contribution is -1.97. The lowest BCUT2D eigenvalue weighted by molar-refractivity contribution is 0.0696. The highest BCUT2D eigenvalue weighted by atomic mass is 32.2. The molecule has 0 amide bonds. The van der Waals surface area contributed by atoms with E-state index in [9.17, 15) is 9.18 Å².